The number of ether oxygens (including phenoxy) is 1. The first-order valence-corrected chi connectivity index (χ1v) is 6.30. The molecule has 0 saturated carbocycles. The molecular formula is C14H22N2O. The van der Waals surface area contributed by atoms with Gasteiger partial charge >= 0.3 is 0 Å². The predicted molar refractivity (Wildman–Crippen MR) is 70.1 cm³/mol. The van der Waals surface area contributed by atoms with Crippen LogP contribution in [0.2, 0.25) is 0 Å². The van der Waals surface area contributed by atoms with Crippen LogP contribution in [0.4, 0.5) is 0 Å². The smallest absolute Gasteiger partial charge is 0.0620 e. The van der Waals surface area contributed by atoms with Crippen LogP contribution in [0.1, 0.15) is 18.0 Å². The van der Waals surface area contributed by atoms with Crippen LogP contribution in [-0.2, 0) is 4.74 Å². The molecule has 0 amide bonds. The van der Waals surface area contributed by atoms with Crippen molar-refractivity contribution in [2.24, 2.45) is 0 Å². The van der Waals surface area contributed by atoms with E-state index < -0.39 is 0 Å². The van der Waals surface area contributed by atoms with E-state index in [1.54, 1.807) is 0 Å². The lowest BCUT2D eigenvalue weighted by molar-refractivity contribution is 0.187. The monoisotopic (exact) mass is 234 g/mol. The van der Waals surface area contributed by atoms with E-state index in [-0.39, 0.29) is 0 Å². The molecular weight excluding hydrogens is 212 g/mol. The summed E-state index contributed by atoms with van der Waals surface area (Å²) in [5.74, 6) is 0. The lowest BCUT2D eigenvalue weighted by Crippen LogP contribution is -2.37. The summed E-state index contributed by atoms with van der Waals surface area (Å²) in [6, 6.07) is 11.6. The number of nitrogens with one attached hydrogen (secondary N) is 1. The average molecular weight is 234 g/mol. The molecule has 1 aromatic rings. The average Bonchev–Trinajstić information content (AvgIpc) is 2.83. The van der Waals surface area contributed by atoms with Crippen LogP contribution in [-0.4, -0.2) is 44.8 Å². The third-order valence-electron chi connectivity index (χ3n) is 3.34. The topological polar surface area (TPSA) is 24.5 Å². The summed E-state index contributed by atoms with van der Waals surface area (Å²) in [7, 11) is 4.26. The fourth-order valence-corrected chi connectivity index (χ4v) is 2.25. The molecule has 3 nitrogen and oxygen atoms in total. The van der Waals surface area contributed by atoms with Gasteiger partial charge in [-0.05, 0) is 26.1 Å². The van der Waals surface area contributed by atoms with Crippen molar-refractivity contribution in [3.8, 4) is 0 Å². The second-order valence-electron chi connectivity index (χ2n) is 4.86. The first-order valence-electron chi connectivity index (χ1n) is 6.30. The molecule has 94 valence electrons. The molecule has 2 rings (SSSR count). The summed E-state index contributed by atoms with van der Waals surface area (Å²) in [5, 5.41) is 3.59. The highest BCUT2D eigenvalue weighted by Crippen LogP contribution is 2.17. The summed E-state index contributed by atoms with van der Waals surface area (Å²) in [6.45, 7) is 2.73. The van der Waals surface area contributed by atoms with Crippen molar-refractivity contribution in [3.05, 3.63) is 35.9 Å². The summed E-state index contributed by atoms with van der Waals surface area (Å²) in [5.41, 5.74) is 1.36. The molecule has 17 heavy (non-hydrogen) atoms. The second-order valence-corrected chi connectivity index (χ2v) is 4.86. The minimum Gasteiger partial charge on any atom is -0.380 e. The van der Waals surface area contributed by atoms with E-state index in [0.29, 0.717) is 12.1 Å². The van der Waals surface area contributed by atoms with Gasteiger partial charge in [-0.3, -0.25) is 0 Å². The maximum absolute atomic E-state index is 5.38. The molecule has 1 aromatic carbocycles. The highest BCUT2D eigenvalue weighted by atomic mass is 16.5. The normalized spacial score (nSPS) is 21.9. The fourth-order valence-electron chi connectivity index (χ4n) is 2.25. The van der Waals surface area contributed by atoms with Gasteiger partial charge in [-0.15, -0.1) is 0 Å². The van der Waals surface area contributed by atoms with Crippen LogP contribution in [0, 0.1) is 0 Å². The van der Waals surface area contributed by atoms with Crippen molar-refractivity contribution in [2.45, 2.75) is 18.5 Å². The maximum Gasteiger partial charge on any atom is 0.0620 e. The van der Waals surface area contributed by atoms with Gasteiger partial charge in [-0.25, -0.2) is 0 Å². The van der Waals surface area contributed by atoms with Crippen LogP contribution in [0.3, 0.4) is 0 Å². The summed E-state index contributed by atoms with van der Waals surface area (Å²) < 4.78 is 5.38. The molecule has 0 aromatic heterocycles. The van der Waals surface area contributed by atoms with E-state index in [2.05, 4.69) is 54.6 Å². The first kappa shape index (κ1) is 12.6. The number of likely N-dealkylation sites (N-methyl/N-ethyl adjacent to an activating group) is 1. The van der Waals surface area contributed by atoms with Crippen LogP contribution in [0.5, 0.6) is 0 Å². The second kappa shape index (κ2) is 6.15. The molecule has 0 bridgehead atoms. The molecule has 1 N–H and O–H groups in total. The van der Waals surface area contributed by atoms with Crippen molar-refractivity contribution in [2.75, 3.05) is 33.9 Å². The number of rotatable bonds is 5. The molecule has 1 saturated heterocycles. The van der Waals surface area contributed by atoms with Crippen molar-refractivity contribution in [3.63, 3.8) is 0 Å². The van der Waals surface area contributed by atoms with Gasteiger partial charge in [0.05, 0.1) is 6.61 Å². The Morgan fingerprint density at radius 3 is 2.71 bits per heavy atom. The lowest BCUT2D eigenvalue weighted by atomic mass is 10.1. The van der Waals surface area contributed by atoms with Crippen molar-refractivity contribution >= 4 is 0 Å². The molecule has 2 atom stereocenters. The highest BCUT2D eigenvalue weighted by Gasteiger charge is 2.19. The van der Waals surface area contributed by atoms with E-state index >= 15 is 0 Å². The Labute approximate surface area is 104 Å². The molecule has 2 unspecified atom stereocenters. The summed E-state index contributed by atoms with van der Waals surface area (Å²) >= 11 is 0. The van der Waals surface area contributed by atoms with Gasteiger partial charge in [-0.1, -0.05) is 30.3 Å². The maximum atomic E-state index is 5.38. The third kappa shape index (κ3) is 3.53. The van der Waals surface area contributed by atoms with Gasteiger partial charge in [0.15, 0.2) is 0 Å². The molecule has 1 aliphatic heterocycles. The van der Waals surface area contributed by atoms with Gasteiger partial charge in [0.2, 0.25) is 0 Å². The van der Waals surface area contributed by atoms with Gasteiger partial charge in [0, 0.05) is 25.2 Å². The molecule has 1 aliphatic rings. The lowest BCUT2D eigenvalue weighted by Gasteiger charge is -2.26. The van der Waals surface area contributed by atoms with Gasteiger partial charge in [0.25, 0.3) is 0 Å². The summed E-state index contributed by atoms with van der Waals surface area (Å²) in [6.07, 6.45) is 1.13. The zero-order valence-electron chi connectivity index (χ0n) is 10.7. The SMILES string of the molecule is CN(C)C(CNC1CCOC1)c1ccccc1. The number of hydrogen-bond donors (Lipinski definition) is 1. The molecule has 1 heterocycles. The highest BCUT2D eigenvalue weighted by molar-refractivity contribution is 5.19. The van der Waals surface area contributed by atoms with E-state index in [0.717, 1.165) is 26.2 Å². The van der Waals surface area contributed by atoms with Crippen LogP contribution >= 0.6 is 0 Å². The van der Waals surface area contributed by atoms with Crippen molar-refractivity contribution < 1.29 is 4.74 Å². The first-order chi connectivity index (χ1) is 8.27. The minimum atomic E-state index is 0.428. The Balaban J connectivity index is 1.93. The van der Waals surface area contributed by atoms with Crippen LogP contribution in [0.15, 0.2) is 30.3 Å². The van der Waals surface area contributed by atoms with E-state index in [4.69, 9.17) is 4.74 Å². The van der Waals surface area contributed by atoms with Gasteiger partial charge < -0.3 is 15.0 Å². The number of benzene rings is 1. The van der Waals surface area contributed by atoms with E-state index in [1.165, 1.54) is 5.56 Å². The molecule has 0 radical (unpaired) electrons. The largest absolute Gasteiger partial charge is 0.380 e. The Bertz CT molecular complexity index is 320. The Kier molecular flexibility index (Phi) is 4.54. The fraction of sp³-hybridized carbons (Fsp3) is 0.571. The molecule has 1 fully saturated rings. The van der Waals surface area contributed by atoms with Crippen LogP contribution < -0.4 is 5.32 Å². The van der Waals surface area contributed by atoms with Crippen molar-refractivity contribution in [1.82, 2.24) is 10.2 Å². The zero-order chi connectivity index (χ0) is 12.1. The number of nitrogens with zero attached hydrogens (tertiary/aromatic N) is 1. The third-order valence-corrected chi connectivity index (χ3v) is 3.34. The van der Waals surface area contributed by atoms with Gasteiger partial charge in [-0.2, -0.15) is 0 Å². The van der Waals surface area contributed by atoms with E-state index in [1.807, 2.05) is 0 Å². The number of hydrogen-bond acceptors (Lipinski definition) is 3. The van der Waals surface area contributed by atoms with Crippen LogP contribution in [0.25, 0.3) is 0 Å². The Morgan fingerprint density at radius 1 is 1.35 bits per heavy atom. The zero-order valence-corrected chi connectivity index (χ0v) is 10.7. The molecule has 0 spiro atoms. The standard InChI is InChI=1S/C14H22N2O/c1-16(2)14(12-6-4-3-5-7-12)10-15-13-8-9-17-11-13/h3-7,13-15H,8-11H2,1-2H3. The van der Waals surface area contributed by atoms with E-state index in [9.17, 15) is 0 Å². The molecule has 0 aliphatic carbocycles. The Morgan fingerprint density at radius 2 is 2.12 bits per heavy atom. The molecule has 3 heteroatoms. The minimum absolute atomic E-state index is 0.428. The van der Waals surface area contributed by atoms with Gasteiger partial charge in [0.1, 0.15) is 0 Å². The predicted octanol–water partition coefficient (Wildman–Crippen LogP) is 1.67. The quantitative estimate of drug-likeness (QED) is 0.838. The Hall–Kier alpha value is -0.900. The van der Waals surface area contributed by atoms with Crippen molar-refractivity contribution in [1.29, 1.82) is 0 Å². The summed E-state index contributed by atoms with van der Waals surface area (Å²) in [4.78, 5) is 2.26.